The van der Waals surface area contributed by atoms with E-state index in [1.165, 1.54) is 17.9 Å². The summed E-state index contributed by atoms with van der Waals surface area (Å²) in [6.07, 6.45) is 4.55. The zero-order valence-corrected chi connectivity index (χ0v) is 12.5. The van der Waals surface area contributed by atoms with Gasteiger partial charge in [0.25, 0.3) is 0 Å². The quantitative estimate of drug-likeness (QED) is 0.849. The lowest BCUT2D eigenvalue weighted by Gasteiger charge is -2.17. The number of anilines is 1. The van der Waals surface area contributed by atoms with Gasteiger partial charge in [0.05, 0.1) is 5.69 Å². The Morgan fingerprint density at radius 3 is 3.05 bits per heavy atom. The van der Waals surface area contributed by atoms with Gasteiger partial charge in [-0.15, -0.1) is 0 Å². The first-order valence-electron chi connectivity index (χ1n) is 7.71. The fourth-order valence-corrected chi connectivity index (χ4v) is 2.96. The van der Waals surface area contributed by atoms with E-state index >= 15 is 0 Å². The van der Waals surface area contributed by atoms with Gasteiger partial charge in [0, 0.05) is 25.8 Å². The predicted octanol–water partition coefficient (Wildman–Crippen LogP) is 2.68. The van der Waals surface area contributed by atoms with Crippen LogP contribution >= 0.6 is 0 Å². The number of hydrogen-bond donors (Lipinski definition) is 1. The normalized spacial score (nSPS) is 19.1. The van der Waals surface area contributed by atoms with E-state index in [1.54, 1.807) is 0 Å². The third-order valence-electron chi connectivity index (χ3n) is 4.05. The molecule has 4 nitrogen and oxygen atoms in total. The Labute approximate surface area is 120 Å². The molecule has 3 rings (SSSR count). The highest BCUT2D eigenvalue weighted by atomic mass is 15.2. The number of imidazole rings is 1. The molecular formula is C16H24N4. The summed E-state index contributed by atoms with van der Waals surface area (Å²) in [5, 5.41) is 3.52. The molecule has 0 amide bonds. The molecule has 1 unspecified atom stereocenters. The van der Waals surface area contributed by atoms with Crippen LogP contribution in [0.25, 0.3) is 5.65 Å². The van der Waals surface area contributed by atoms with Crippen LogP contribution in [-0.4, -0.2) is 29.0 Å². The van der Waals surface area contributed by atoms with Crippen molar-refractivity contribution in [1.82, 2.24) is 14.7 Å². The third-order valence-corrected chi connectivity index (χ3v) is 4.05. The highest BCUT2D eigenvalue weighted by molar-refractivity contribution is 5.56. The summed E-state index contributed by atoms with van der Waals surface area (Å²) >= 11 is 0. The molecule has 1 fully saturated rings. The second kappa shape index (κ2) is 5.83. The first-order chi connectivity index (χ1) is 9.79. The van der Waals surface area contributed by atoms with E-state index in [2.05, 4.69) is 52.9 Å². The largest absolute Gasteiger partial charge is 0.355 e. The van der Waals surface area contributed by atoms with Gasteiger partial charge < -0.3 is 14.6 Å². The minimum atomic E-state index is 0.774. The number of hydrogen-bond acceptors (Lipinski definition) is 3. The molecule has 108 valence electrons. The fraction of sp³-hybridized carbons (Fsp3) is 0.562. The number of rotatable bonds is 5. The highest BCUT2D eigenvalue weighted by Crippen LogP contribution is 2.27. The van der Waals surface area contributed by atoms with E-state index in [0.717, 1.165) is 44.2 Å². The Morgan fingerprint density at radius 1 is 1.40 bits per heavy atom. The van der Waals surface area contributed by atoms with Crippen LogP contribution in [0.1, 0.15) is 32.4 Å². The smallest absolute Gasteiger partial charge is 0.152 e. The topological polar surface area (TPSA) is 32.6 Å². The Kier molecular flexibility index (Phi) is 3.92. The second-order valence-electron chi connectivity index (χ2n) is 5.83. The zero-order valence-electron chi connectivity index (χ0n) is 12.5. The van der Waals surface area contributed by atoms with Gasteiger partial charge in [0.1, 0.15) is 5.65 Å². The van der Waals surface area contributed by atoms with Crippen LogP contribution in [0.4, 0.5) is 5.82 Å². The van der Waals surface area contributed by atoms with Crippen molar-refractivity contribution in [2.75, 3.05) is 24.5 Å². The Hall–Kier alpha value is -1.55. The minimum absolute atomic E-state index is 0.774. The summed E-state index contributed by atoms with van der Waals surface area (Å²) in [5.41, 5.74) is 2.35. The molecule has 20 heavy (non-hydrogen) atoms. The van der Waals surface area contributed by atoms with Crippen molar-refractivity contribution >= 4 is 11.5 Å². The van der Waals surface area contributed by atoms with Crippen LogP contribution < -0.4 is 10.2 Å². The van der Waals surface area contributed by atoms with Crippen molar-refractivity contribution in [2.45, 2.75) is 33.2 Å². The molecule has 1 aliphatic rings. The molecule has 0 radical (unpaired) electrons. The van der Waals surface area contributed by atoms with E-state index in [-0.39, 0.29) is 0 Å². The molecule has 1 saturated heterocycles. The molecular weight excluding hydrogens is 248 g/mol. The Balaban J connectivity index is 1.94. The standard InChI is InChI=1S/C16H24N4/c1-3-8-17-11-14-16(19-10-7-13(2)12-19)18-15-6-4-5-9-20(14)15/h4-6,9,13,17H,3,7-8,10-12H2,1-2H3. The van der Waals surface area contributed by atoms with Gasteiger partial charge in [-0.2, -0.15) is 0 Å². The third kappa shape index (κ3) is 2.52. The van der Waals surface area contributed by atoms with Crippen LogP contribution in [0.2, 0.25) is 0 Å². The molecule has 1 N–H and O–H groups in total. The molecule has 1 aliphatic heterocycles. The maximum Gasteiger partial charge on any atom is 0.152 e. The van der Waals surface area contributed by atoms with Gasteiger partial charge in [0.2, 0.25) is 0 Å². The van der Waals surface area contributed by atoms with Crippen molar-refractivity contribution in [3.8, 4) is 0 Å². The summed E-state index contributed by atoms with van der Waals surface area (Å²) in [7, 11) is 0. The maximum absolute atomic E-state index is 4.86. The monoisotopic (exact) mass is 272 g/mol. The summed E-state index contributed by atoms with van der Waals surface area (Å²) < 4.78 is 2.22. The molecule has 2 aromatic rings. The van der Waals surface area contributed by atoms with Crippen LogP contribution in [0.15, 0.2) is 24.4 Å². The lowest BCUT2D eigenvalue weighted by atomic mass is 10.2. The SMILES string of the molecule is CCCNCc1c(N2CCC(C)C2)nc2ccccn12. The first-order valence-corrected chi connectivity index (χ1v) is 7.71. The summed E-state index contributed by atoms with van der Waals surface area (Å²) in [6, 6.07) is 6.22. The van der Waals surface area contributed by atoms with E-state index in [9.17, 15) is 0 Å². The van der Waals surface area contributed by atoms with Gasteiger partial charge in [-0.3, -0.25) is 0 Å². The first kappa shape index (κ1) is 13.4. The molecule has 1 atom stereocenters. The Morgan fingerprint density at radius 2 is 2.30 bits per heavy atom. The second-order valence-corrected chi connectivity index (χ2v) is 5.83. The van der Waals surface area contributed by atoms with Gasteiger partial charge >= 0.3 is 0 Å². The van der Waals surface area contributed by atoms with Gasteiger partial charge in [0.15, 0.2) is 5.82 Å². The van der Waals surface area contributed by atoms with Gasteiger partial charge in [-0.1, -0.05) is 19.9 Å². The fourth-order valence-electron chi connectivity index (χ4n) is 2.96. The van der Waals surface area contributed by atoms with Crippen molar-refractivity contribution in [2.24, 2.45) is 5.92 Å². The van der Waals surface area contributed by atoms with Crippen LogP contribution in [0, 0.1) is 5.92 Å². The molecule has 0 aromatic carbocycles. The number of nitrogens with one attached hydrogen (secondary N) is 1. The lowest BCUT2D eigenvalue weighted by Crippen LogP contribution is -2.23. The van der Waals surface area contributed by atoms with E-state index < -0.39 is 0 Å². The Bertz CT molecular complexity index is 575. The van der Waals surface area contributed by atoms with E-state index in [4.69, 9.17) is 4.98 Å². The molecule has 3 heterocycles. The van der Waals surface area contributed by atoms with Crippen molar-refractivity contribution in [3.05, 3.63) is 30.1 Å². The number of nitrogens with zero attached hydrogens (tertiary/aromatic N) is 3. The highest BCUT2D eigenvalue weighted by Gasteiger charge is 2.24. The van der Waals surface area contributed by atoms with E-state index in [0.29, 0.717) is 0 Å². The summed E-state index contributed by atoms with van der Waals surface area (Å²) in [4.78, 5) is 7.30. The van der Waals surface area contributed by atoms with Gasteiger partial charge in [-0.05, 0) is 37.4 Å². The average molecular weight is 272 g/mol. The van der Waals surface area contributed by atoms with Gasteiger partial charge in [-0.25, -0.2) is 4.98 Å². The number of aromatic nitrogens is 2. The predicted molar refractivity (Wildman–Crippen MR) is 83.2 cm³/mol. The molecule has 0 spiro atoms. The zero-order chi connectivity index (χ0) is 13.9. The van der Waals surface area contributed by atoms with Crippen LogP contribution in [-0.2, 0) is 6.54 Å². The molecule has 2 aromatic heterocycles. The number of fused-ring (bicyclic) bond motifs is 1. The minimum Gasteiger partial charge on any atom is -0.355 e. The van der Waals surface area contributed by atoms with Crippen molar-refractivity contribution in [1.29, 1.82) is 0 Å². The lowest BCUT2D eigenvalue weighted by molar-refractivity contribution is 0.652. The molecule has 4 heteroatoms. The summed E-state index contributed by atoms with van der Waals surface area (Å²) in [6.45, 7) is 8.72. The summed E-state index contributed by atoms with van der Waals surface area (Å²) in [5.74, 6) is 1.94. The van der Waals surface area contributed by atoms with Crippen LogP contribution in [0.3, 0.4) is 0 Å². The molecule has 0 saturated carbocycles. The van der Waals surface area contributed by atoms with Crippen molar-refractivity contribution < 1.29 is 0 Å². The molecule has 0 aliphatic carbocycles. The number of pyridine rings is 1. The van der Waals surface area contributed by atoms with E-state index in [1.807, 2.05) is 0 Å². The average Bonchev–Trinajstić information content (AvgIpc) is 3.03. The van der Waals surface area contributed by atoms with Crippen molar-refractivity contribution in [3.63, 3.8) is 0 Å². The maximum atomic E-state index is 4.86. The molecule has 0 bridgehead atoms. The van der Waals surface area contributed by atoms with Crippen LogP contribution in [0.5, 0.6) is 0 Å².